The van der Waals surface area contributed by atoms with Crippen molar-refractivity contribution in [1.82, 2.24) is 10.2 Å². The number of carbonyl (C=O) groups is 2. The number of amides is 2. The highest BCUT2D eigenvalue weighted by Gasteiger charge is 2.36. The van der Waals surface area contributed by atoms with E-state index in [1.54, 1.807) is 17.0 Å². The van der Waals surface area contributed by atoms with Gasteiger partial charge in [0, 0.05) is 0 Å². The third-order valence-electron chi connectivity index (χ3n) is 3.67. The van der Waals surface area contributed by atoms with Crippen molar-refractivity contribution < 1.29 is 14.0 Å². The molecule has 1 saturated heterocycles. The average Bonchev–Trinajstić information content (AvgIpc) is 2.41. The van der Waals surface area contributed by atoms with E-state index in [4.69, 9.17) is 0 Å². The van der Waals surface area contributed by atoms with E-state index in [0.29, 0.717) is 0 Å². The van der Waals surface area contributed by atoms with Crippen LogP contribution in [0.4, 0.5) is 4.39 Å². The van der Waals surface area contributed by atoms with Gasteiger partial charge in [-0.3, -0.25) is 9.59 Å². The largest absolute Gasteiger partial charge is 0.343 e. The van der Waals surface area contributed by atoms with E-state index in [0.717, 1.165) is 5.56 Å². The molecule has 0 saturated carbocycles. The van der Waals surface area contributed by atoms with Gasteiger partial charge in [0.15, 0.2) is 0 Å². The van der Waals surface area contributed by atoms with E-state index in [-0.39, 0.29) is 36.1 Å². The number of halogens is 1. The Labute approximate surface area is 118 Å². The van der Waals surface area contributed by atoms with Gasteiger partial charge in [-0.15, -0.1) is 0 Å². The molecule has 1 fully saturated rings. The van der Waals surface area contributed by atoms with Crippen molar-refractivity contribution in [2.45, 2.75) is 32.9 Å². The van der Waals surface area contributed by atoms with E-state index in [2.05, 4.69) is 5.32 Å². The molecule has 0 aromatic heterocycles. The smallest absolute Gasteiger partial charge is 0.246 e. The van der Waals surface area contributed by atoms with Crippen LogP contribution in [0.15, 0.2) is 24.3 Å². The highest BCUT2D eigenvalue weighted by atomic mass is 19.1. The van der Waals surface area contributed by atoms with Crippen LogP contribution in [0.25, 0.3) is 0 Å². The molecule has 2 atom stereocenters. The number of carbonyl (C=O) groups excluding carboxylic acids is 2. The summed E-state index contributed by atoms with van der Waals surface area (Å²) in [4.78, 5) is 25.7. The van der Waals surface area contributed by atoms with Crippen LogP contribution < -0.4 is 5.32 Å². The normalized spacial score (nSPS) is 21.1. The van der Waals surface area contributed by atoms with Crippen molar-refractivity contribution in [3.8, 4) is 0 Å². The number of hydrogen-bond acceptors (Lipinski definition) is 2. The predicted octanol–water partition coefficient (Wildman–Crippen LogP) is 1.87. The fourth-order valence-electron chi connectivity index (χ4n) is 2.39. The Morgan fingerprint density at radius 2 is 1.80 bits per heavy atom. The van der Waals surface area contributed by atoms with Gasteiger partial charge in [-0.05, 0) is 30.5 Å². The van der Waals surface area contributed by atoms with Crippen LogP contribution in [0.5, 0.6) is 0 Å². The maximum absolute atomic E-state index is 13.0. The number of piperazine rings is 1. The van der Waals surface area contributed by atoms with Gasteiger partial charge in [-0.1, -0.05) is 26.0 Å². The lowest BCUT2D eigenvalue weighted by atomic mass is 9.98. The number of rotatable bonds is 3. The van der Waals surface area contributed by atoms with Crippen molar-refractivity contribution in [1.29, 1.82) is 0 Å². The second kappa shape index (κ2) is 5.61. The summed E-state index contributed by atoms with van der Waals surface area (Å²) < 4.78 is 13.0. The van der Waals surface area contributed by atoms with Gasteiger partial charge in [-0.25, -0.2) is 4.39 Å². The molecule has 1 aromatic carbocycles. The zero-order chi connectivity index (χ0) is 14.9. The van der Waals surface area contributed by atoms with Crippen LogP contribution in [0.2, 0.25) is 0 Å². The van der Waals surface area contributed by atoms with Gasteiger partial charge in [0.1, 0.15) is 18.4 Å². The summed E-state index contributed by atoms with van der Waals surface area (Å²) in [6.07, 6.45) is 0. The number of hydrogen-bond donors (Lipinski definition) is 1. The van der Waals surface area contributed by atoms with Crippen molar-refractivity contribution in [3.63, 3.8) is 0 Å². The second-order valence-corrected chi connectivity index (χ2v) is 5.48. The number of nitrogens with one attached hydrogen (secondary N) is 1. The molecule has 5 heteroatoms. The molecule has 0 spiro atoms. The Hall–Kier alpha value is -1.91. The van der Waals surface area contributed by atoms with Gasteiger partial charge >= 0.3 is 0 Å². The van der Waals surface area contributed by atoms with Gasteiger partial charge in [0.05, 0.1) is 6.04 Å². The first-order valence-electron chi connectivity index (χ1n) is 6.75. The molecule has 1 heterocycles. The van der Waals surface area contributed by atoms with Crippen LogP contribution in [-0.4, -0.2) is 29.3 Å². The maximum Gasteiger partial charge on any atom is 0.246 e. The lowest BCUT2D eigenvalue weighted by molar-refractivity contribution is -0.147. The van der Waals surface area contributed by atoms with Crippen LogP contribution in [0, 0.1) is 11.7 Å². The maximum atomic E-state index is 13.0. The Bertz CT molecular complexity index is 513. The predicted molar refractivity (Wildman–Crippen MR) is 73.3 cm³/mol. The Kier molecular flexibility index (Phi) is 4.06. The summed E-state index contributed by atoms with van der Waals surface area (Å²) in [5.41, 5.74) is 0.817. The fraction of sp³-hybridized carbons (Fsp3) is 0.467. The average molecular weight is 278 g/mol. The standard InChI is InChI=1S/C15H19FN2O2/c1-9(2)14-15(20)18(8-13(19)17-14)10(3)11-4-6-12(16)7-5-11/h4-7,9-10,14H,8H2,1-3H3,(H,17,19). The Morgan fingerprint density at radius 1 is 1.20 bits per heavy atom. The monoisotopic (exact) mass is 278 g/mol. The quantitative estimate of drug-likeness (QED) is 0.917. The van der Waals surface area contributed by atoms with Crippen molar-refractivity contribution in [2.75, 3.05) is 6.54 Å². The summed E-state index contributed by atoms with van der Waals surface area (Å²) in [5, 5.41) is 2.72. The lowest BCUT2D eigenvalue weighted by Gasteiger charge is -2.38. The van der Waals surface area contributed by atoms with E-state index < -0.39 is 6.04 Å². The minimum absolute atomic E-state index is 0.0367. The van der Waals surface area contributed by atoms with Gasteiger partial charge in [0.25, 0.3) is 0 Å². The van der Waals surface area contributed by atoms with Gasteiger partial charge in [0.2, 0.25) is 11.8 Å². The highest BCUT2D eigenvalue weighted by Crippen LogP contribution is 2.24. The highest BCUT2D eigenvalue weighted by molar-refractivity contribution is 5.95. The molecule has 0 radical (unpaired) electrons. The summed E-state index contributed by atoms with van der Waals surface area (Å²) >= 11 is 0. The van der Waals surface area contributed by atoms with Crippen LogP contribution >= 0.6 is 0 Å². The summed E-state index contributed by atoms with van der Waals surface area (Å²) in [6, 6.07) is 5.27. The number of nitrogens with zero attached hydrogens (tertiary/aromatic N) is 1. The molecule has 2 unspecified atom stereocenters. The third kappa shape index (κ3) is 2.81. The van der Waals surface area contributed by atoms with E-state index in [1.165, 1.54) is 12.1 Å². The van der Waals surface area contributed by atoms with Crippen LogP contribution in [-0.2, 0) is 9.59 Å². The molecule has 1 N–H and O–H groups in total. The summed E-state index contributed by atoms with van der Waals surface area (Å²) in [5.74, 6) is -0.521. The molecular formula is C15H19FN2O2. The zero-order valence-corrected chi connectivity index (χ0v) is 11.9. The Balaban J connectivity index is 2.23. The van der Waals surface area contributed by atoms with Gasteiger partial charge < -0.3 is 10.2 Å². The van der Waals surface area contributed by atoms with Crippen molar-refractivity contribution in [2.24, 2.45) is 5.92 Å². The molecule has 1 aliphatic heterocycles. The van der Waals surface area contributed by atoms with Crippen molar-refractivity contribution >= 4 is 11.8 Å². The van der Waals surface area contributed by atoms with Gasteiger partial charge in [-0.2, -0.15) is 0 Å². The van der Waals surface area contributed by atoms with Crippen LogP contribution in [0.1, 0.15) is 32.4 Å². The first-order valence-corrected chi connectivity index (χ1v) is 6.75. The zero-order valence-electron chi connectivity index (χ0n) is 11.9. The SMILES string of the molecule is CC(C)C1NC(=O)CN(C(C)c2ccc(F)cc2)C1=O. The van der Waals surface area contributed by atoms with E-state index in [1.807, 2.05) is 20.8 Å². The minimum atomic E-state index is -0.487. The number of benzene rings is 1. The summed E-state index contributed by atoms with van der Waals surface area (Å²) in [7, 11) is 0. The molecule has 0 bridgehead atoms. The molecular weight excluding hydrogens is 259 g/mol. The molecule has 1 aromatic rings. The minimum Gasteiger partial charge on any atom is -0.343 e. The molecule has 1 aliphatic rings. The van der Waals surface area contributed by atoms with E-state index in [9.17, 15) is 14.0 Å². The van der Waals surface area contributed by atoms with Crippen molar-refractivity contribution in [3.05, 3.63) is 35.6 Å². The van der Waals surface area contributed by atoms with Crippen LogP contribution in [0.3, 0.4) is 0 Å². The molecule has 20 heavy (non-hydrogen) atoms. The lowest BCUT2D eigenvalue weighted by Crippen LogP contribution is -2.60. The second-order valence-electron chi connectivity index (χ2n) is 5.48. The van der Waals surface area contributed by atoms with E-state index >= 15 is 0 Å². The molecule has 2 amide bonds. The first kappa shape index (κ1) is 14.5. The molecule has 0 aliphatic carbocycles. The Morgan fingerprint density at radius 3 is 2.35 bits per heavy atom. The molecule has 108 valence electrons. The molecule has 4 nitrogen and oxygen atoms in total. The summed E-state index contributed by atoms with van der Waals surface area (Å²) in [6.45, 7) is 5.69. The molecule has 2 rings (SSSR count). The fourth-order valence-corrected chi connectivity index (χ4v) is 2.39. The first-order chi connectivity index (χ1) is 9.40. The topological polar surface area (TPSA) is 49.4 Å². The third-order valence-corrected chi connectivity index (χ3v) is 3.67.